The Balaban J connectivity index is 1.83. The first-order chi connectivity index (χ1) is 10.3. The van der Waals surface area contributed by atoms with Crippen LogP contribution >= 0.6 is 0 Å². The summed E-state index contributed by atoms with van der Waals surface area (Å²) < 4.78 is 0. The molecule has 0 bridgehead atoms. The summed E-state index contributed by atoms with van der Waals surface area (Å²) in [4.78, 5) is 0. The van der Waals surface area contributed by atoms with Crippen molar-refractivity contribution in [1.29, 1.82) is 0 Å². The van der Waals surface area contributed by atoms with Crippen LogP contribution in [0.2, 0.25) is 0 Å². The zero-order valence-corrected chi connectivity index (χ0v) is 15.3. The first kappa shape index (κ1) is 19.0. The molecule has 3 atom stereocenters. The average molecular weight is 295 g/mol. The standard InChI is InChI=1S/C21H42/c1-4-6-8-10-11-12-13-14-16-18-21-19(3)20(21)17-15-9-7-5-2/h19-21H,4-18H2,1-3H3. The van der Waals surface area contributed by atoms with Crippen molar-refractivity contribution in [2.24, 2.45) is 17.8 Å². The molecule has 126 valence electrons. The Labute approximate surface area is 135 Å². The second-order valence-corrected chi connectivity index (χ2v) is 7.65. The van der Waals surface area contributed by atoms with E-state index in [-0.39, 0.29) is 0 Å². The maximum absolute atomic E-state index is 2.50. The summed E-state index contributed by atoms with van der Waals surface area (Å²) in [6, 6.07) is 0. The molecule has 21 heavy (non-hydrogen) atoms. The Bertz CT molecular complexity index is 220. The van der Waals surface area contributed by atoms with Gasteiger partial charge < -0.3 is 0 Å². The predicted molar refractivity (Wildman–Crippen MR) is 96.7 cm³/mol. The van der Waals surface area contributed by atoms with Crippen LogP contribution in [-0.4, -0.2) is 0 Å². The van der Waals surface area contributed by atoms with E-state index in [4.69, 9.17) is 0 Å². The highest BCUT2D eigenvalue weighted by atomic mass is 14.5. The Hall–Kier alpha value is 0. The zero-order valence-electron chi connectivity index (χ0n) is 15.3. The van der Waals surface area contributed by atoms with Crippen molar-refractivity contribution >= 4 is 0 Å². The van der Waals surface area contributed by atoms with E-state index in [1.807, 2.05) is 0 Å². The third kappa shape index (κ3) is 8.89. The van der Waals surface area contributed by atoms with Gasteiger partial charge >= 0.3 is 0 Å². The van der Waals surface area contributed by atoms with E-state index in [0.29, 0.717) is 0 Å². The highest BCUT2D eigenvalue weighted by molar-refractivity contribution is 4.93. The number of unbranched alkanes of at least 4 members (excludes halogenated alkanes) is 11. The summed E-state index contributed by atoms with van der Waals surface area (Å²) in [6.45, 7) is 7.12. The van der Waals surface area contributed by atoms with Gasteiger partial charge in [-0.25, -0.2) is 0 Å². The molecular weight excluding hydrogens is 252 g/mol. The molecule has 1 saturated carbocycles. The van der Waals surface area contributed by atoms with Gasteiger partial charge in [0.15, 0.2) is 0 Å². The van der Waals surface area contributed by atoms with Crippen LogP contribution in [0, 0.1) is 17.8 Å². The topological polar surface area (TPSA) is 0 Å². The number of hydrogen-bond acceptors (Lipinski definition) is 0. The fourth-order valence-electron chi connectivity index (χ4n) is 4.09. The molecule has 0 spiro atoms. The van der Waals surface area contributed by atoms with Crippen LogP contribution in [0.3, 0.4) is 0 Å². The lowest BCUT2D eigenvalue weighted by Gasteiger charge is -2.03. The average Bonchev–Trinajstić information content (AvgIpc) is 3.11. The van der Waals surface area contributed by atoms with Gasteiger partial charge in [-0.05, 0) is 30.6 Å². The quantitative estimate of drug-likeness (QED) is 0.271. The summed E-state index contributed by atoms with van der Waals surface area (Å²) in [5.74, 6) is 3.27. The van der Waals surface area contributed by atoms with Gasteiger partial charge in [-0.3, -0.25) is 0 Å². The normalized spacial score (nSPS) is 24.4. The van der Waals surface area contributed by atoms with Crippen LogP contribution in [0.4, 0.5) is 0 Å². The van der Waals surface area contributed by atoms with Crippen LogP contribution in [-0.2, 0) is 0 Å². The zero-order chi connectivity index (χ0) is 15.3. The molecule has 0 aliphatic heterocycles. The molecule has 0 aromatic carbocycles. The minimum absolute atomic E-state index is 1.06. The van der Waals surface area contributed by atoms with E-state index in [1.54, 1.807) is 0 Å². The Morgan fingerprint density at radius 3 is 1.24 bits per heavy atom. The summed E-state index contributed by atoms with van der Waals surface area (Å²) in [5.41, 5.74) is 0. The molecule has 1 fully saturated rings. The van der Waals surface area contributed by atoms with E-state index in [1.165, 1.54) is 96.3 Å². The lowest BCUT2D eigenvalue weighted by atomic mass is 10.0. The van der Waals surface area contributed by atoms with Crippen molar-refractivity contribution in [3.8, 4) is 0 Å². The van der Waals surface area contributed by atoms with Crippen LogP contribution < -0.4 is 0 Å². The van der Waals surface area contributed by atoms with Crippen molar-refractivity contribution in [3.05, 3.63) is 0 Å². The number of rotatable bonds is 15. The van der Waals surface area contributed by atoms with Crippen molar-refractivity contribution < 1.29 is 0 Å². The second kappa shape index (κ2) is 12.5. The largest absolute Gasteiger partial charge is 0.0654 e. The van der Waals surface area contributed by atoms with E-state index in [9.17, 15) is 0 Å². The molecule has 0 radical (unpaired) electrons. The molecule has 0 saturated heterocycles. The van der Waals surface area contributed by atoms with Gasteiger partial charge in [-0.1, -0.05) is 104 Å². The van der Waals surface area contributed by atoms with Crippen LogP contribution in [0.5, 0.6) is 0 Å². The molecule has 0 aromatic rings. The second-order valence-electron chi connectivity index (χ2n) is 7.65. The third-order valence-corrected chi connectivity index (χ3v) is 5.79. The fraction of sp³-hybridized carbons (Fsp3) is 1.00. The highest BCUT2D eigenvalue weighted by Gasteiger charge is 2.44. The molecule has 0 heteroatoms. The maximum atomic E-state index is 2.50. The smallest absolute Gasteiger partial charge is 0.0355 e. The lowest BCUT2D eigenvalue weighted by molar-refractivity contribution is 0.514. The maximum Gasteiger partial charge on any atom is -0.0355 e. The summed E-state index contributed by atoms with van der Waals surface area (Å²) in [6.07, 6.45) is 22.1. The van der Waals surface area contributed by atoms with Gasteiger partial charge in [-0.2, -0.15) is 0 Å². The molecule has 0 heterocycles. The Morgan fingerprint density at radius 1 is 0.476 bits per heavy atom. The SMILES string of the molecule is CCCCCCCCCCCC1C(C)C1CCCCCC. The molecule has 1 aliphatic rings. The first-order valence-electron chi connectivity index (χ1n) is 10.3. The van der Waals surface area contributed by atoms with Crippen molar-refractivity contribution in [2.45, 2.75) is 117 Å². The van der Waals surface area contributed by atoms with Crippen molar-refractivity contribution in [3.63, 3.8) is 0 Å². The van der Waals surface area contributed by atoms with Crippen molar-refractivity contribution in [1.82, 2.24) is 0 Å². The monoisotopic (exact) mass is 294 g/mol. The predicted octanol–water partition coefficient (Wildman–Crippen LogP) is 7.76. The van der Waals surface area contributed by atoms with E-state index in [0.717, 1.165) is 17.8 Å². The summed E-state index contributed by atoms with van der Waals surface area (Å²) >= 11 is 0. The number of hydrogen-bond donors (Lipinski definition) is 0. The first-order valence-corrected chi connectivity index (χ1v) is 10.3. The van der Waals surface area contributed by atoms with Gasteiger partial charge in [0.25, 0.3) is 0 Å². The third-order valence-electron chi connectivity index (χ3n) is 5.79. The van der Waals surface area contributed by atoms with Crippen LogP contribution in [0.15, 0.2) is 0 Å². The Kier molecular flexibility index (Phi) is 11.4. The van der Waals surface area contributed by atoms with Gasteiger partial charge in [0.2, 0.25) is 0 Å². The molecule has 0 N–H and O–H groups in total. The van der Waals surface area contributed by atoms with E-state index in [2.05, 4.69) is 20.8 Å². The van der Waals surface area contributed by atoms with E-state index >= 15 is 0 Å². The van der Waals surface area contributed by atoms with Crippen LogP contribution in [0.1, 0.15) is 117 Å². The van der Waals surface area contributed by atoms with Gasteiger partial charge in [0.05, 0.1) is 0 Å². The Morgan fingerprint density at radius 2 is 0.810 bits per heavy atom. The van der Waals surface area contributed by atoms with Gasteiger partial charge in [-0.15, -0.1) is 0 Å². The minimum Gasteiger partial charge on any atom is -0.0654 e. The summed E-state index contributed by atoms with van der Waals surface area (Å²) in [5, 5.41) is 0. The van der Waals surface area contributed by atoms with Crippen molar-refractivity contribution in [2.75, 3.05) is 0 Å². The molecule has 0 nitrogen and oxygen atoms in total. The lowest BCUT2D eigenvalue weighted by Crippen LogP contribution is -1.86. The molecule has 3 unspecified atom stereocenters. The van der Waals surface area contributed by atoms with E-state index < -0.39 is 0 Å². The van der Waals surface area contributed by atoms with Crippen LogP contribution in [0.25, 0.3) is 0 Å². The summed E-state index contributed by atoms with van der Waals surface area (Å²) in [7, 11) is 0. The van der Waals surface area contributed by atoms with Gasteiger partial charge in [0, 0.05) is 0 Å². The molecule has 1 aliphatic carbocycles. The molecule has 0 amide bonds. The molecule has 0 aromatic heterocycles. The fourth-order valence-corrected chi connectivity index (χ4v) is 4.09. The van der Waals surface area contributed by atoms with Gasteiger partial charge in [0.1, 0.15) is 0 Å². The minimum atomic E-state index is 1.06. The molecule has 1 rings (SSSR count). The molecular formula is C21H42. The highest BCUT2D eigenvalue weighted by Crippen LogP contribution is 2.51.